The summed E-state index contributed by atoms with van der Waals surface area (Å²) in [5, 5.41) is 6.49. The highest BCUT2D eigenvalue weighted by molar-refractivity contribution is 5.56. The van der Waals surface area contributed by atoms with Crippen LogP contribution in [0.5, 0.6) is 0 Å². The van der Waals surface area contributed by atoms with E-state index in [-0.39, 0.29) is 0 Å². The molecule has 1 unspecified atom stereocenters. The summed E-state index contributed by atoms with van der Waals surface area (Å²) in [4.78, 5) is 2.29. The Balaban J connectivity index is 2.38. The predicted octanol–water partition coefficient (Wildman–Crippen LogP) is 1.71. The van der Waals surface area contributed by atoms with Crippen LogP contribution in [-0.4, -0.2) is 35.5 Å². The lowest BCUT2D eigenvalue weighted by Crippen LogP contribution is -2.37. The second-order valence-corrected chi connectivity index (χ2v) is 3.26. The maximum atomic E-state index is 4.34. The molecule has 0 aromatic heterocycles. The van der Waals surface area contributed by atoms with E-state index in [1.54, 1.807) is 0 Å². The molecule has 0 spiro atoms. The van der Waals surface area contributed by atoms with E-state index in [9.17, 15) is 0 Å². The smallest absolute Gasteiger partial charge is 0.116 e. The van der Waals surface area contributed by atoms with Gasteiger partial charge in [-0.1, -0.05) is 13.8 Å². The molecule has 1 heterocycles. The standard InChI is InChI=1S/C9H19N3/c1-4-6-11-8-10-12(7-5-2)9(11)3/h8-9H,4-7H2,1-3H3. The summed E-state index contributed by atoms with van der Waals surface area (Å²) in [6.07, 6.45) is 4.78. The lowest BCUT2D eigenvalue weighted by atomic mass is 10.4. The summed E-state index contributed by atoms with van der Waals surface area (Å²) in [5.74, 6) is 0. The van der Waals surface area contributed by atoms with Crippen LogP contribution in [0.1, 0.15) is 33.6 Å². The second kappa shape index (κ2) is 4.33. The van der Waals surface area contributed by atoms with Crippen molar-refractivity contribution in [3.63, 3.8) is 0 Å². The lowest BCUT2D eigenvalue weighted by Gasteiger charge is -2.26. The van der Waals surface area contributed by atoms with Gasteiger partial charge in [-0.25, -0.2) is 0 Å². The molecule has 0 saturated heterocycles. The highest BCUT2D eigenvalue weighted by atomic mass is 15.6. The largest absolute Gasteiger partial charge is 0.340 e. The third-order valence-corrected chi connectivity index (χ3v) is 2.19. The molecular weight excluding hydrogens is 150 g/mol. The van der Waals surface area contributed by atoms with E-state index in [0.29, 0.717) is 6.17 Å². The molecule has 3 nitrogen and oxygen atoms in total. The highest BCUT2D eigenvalue weighted by Crippen LogP contribution is 2.11. The van der Waals surface area contributed by atoms with Crippen molar-refractivity contribution in [2.45, 2.75) is 39.8 Å². The molecule has 0 radical (unpaired) electrons. The molecule has 1 rings (SSSR count). The van der Waals surface area contributed by atoms with Gasteiger partial charge in [0.2, 0.25) is 0 Å². The topological polar surface area (TPSA) is 18.8 Å². The van der Waals surface area contributed by atoms with Gasteiger partial charge in [-0.2, -0.15) is 5.10 Å². The molecule has 1 aliphatic rings. The fourth-order valence-electron chi connectivity index (χ4n) is 1.47. The first-order valence-corrected chi connectivity index (χ1v) is 4.86. The van der Waals surface area contributed by atoms with E-state index in [1.165, 1.54) is 12.8 Å². The molecule has 0 aliphatic carbocycles. The van der Waals surface area contributed by atoms with E-state index in [1.807, 2.05) is 6.34 Å². The van der Waals surface area contributed by atoms with Gasteiger partial charge in [0.1, 0.15) is 12.5 Å². The van der Waals surface area contributed by atoms with Gasteiger partial charge in [-0.3, -0.25) is 5.01 Å². The van der Waals surface area contributed by atoms with E-state index in [0.717, 1.165) is 13.1 Å². The third kappa shape index (κ3) is 1.90. The monoisotopic (exact) mass is 169 g/mol. The molecular formula is C9H19N3. The summed E-state index contributed by atoms with van der Waals surface area (Å²) < 4.78 is 0. The molecule has 0 fully saturated rings. The average molecular weight is 169 g/mol. The fourth-order valence-corrected chi connectivity index (χ4v) is 1.47. The Bertz CT molecular complexity index is 140. The van der Waals surface area contributed by atoms with Crippen molar-refractivity contribution in [2.24, 2.45) is 5.10 Å². The Labute approximate surface area is 75.0 Å². The molecule has 0 N–H and O–H groups in total. The molecule has 70 valence electrons. The van der Waals surface area contributed by atoms with Gasteiger partial charge in [0.05, 0.1) is 0 Å². The molecule has 12 heavy (non-hydrogen) atoms. The van der Waals surface area contributed by atoms with Gasteiger partial charge in [-0.05, 0) is 19.8 Å². The Morgan fingerprint density at radius 3 is 2.50 bits per heavy atom. The Hall–Kier alpha value is -0.730. The van der Waals surface area contributed by atoms with Crippen LogP contribution in [0, 0.1) is 0 Å². The van der Waals surface area contributed by atoms with Crippen molar-refractivity contribution in [1.29, 1.82) is 0 Å². The minimum absolute atomic E-state index is 0.463. The van der Waals surface area contributed by atoms with Gasteiger partial charge in [0.15, 0.2) is 0 Å². The zero-order valence-electron chi connectivity index (χ0n) is 8.32. The van der Waals surface area contributed by atoms with Crippen LogP contribution in [0.3, 0.4) is 0 Å². The first-order chi connectivity index (χ1) is 5.79. The SMILES string of the molecule is CCCN1C=NN(CCC)C1C. The Morgan fingerprint density at radius 2 is 1.92 bits per heavy atom. The van der Waals surface area contributed by atoms with Crippen molar-refractivity contribution in [3.05, 3.63) is 0 Å². The number of hydrogen-bond donors (Lipinski definition) is 0. The summed E-state index contributed by atoms with van der Waals surface area (Å²) in [6.45, 7) is 8.77. The quantitative estimate of drug-likeness (QED) is 0.638. The maximum absolute atomic E-state index is 4.34. The predicted molar refractivity (Wildman–Crippen MR) is 51.9 cm³/mol. The van der Waals surface area contributed by atoms with E-state index in [2.05, 4.69) is 35.8 Å². The van der Waals surface area contributed by atoms with Crippen LogP contribution in [0.4, 0.5) is 0 Å². The van der Waals surface area contributed by atoms with Crippen molar-refractivity contribution in [2.75, 3.05) is 13.1 Å². The van der Waals surface area contributed by atoms with Gasteiger partial charge in [-0.15, -0.1) is 0 Å². The summed E-state index contributed by atoms with van der Waals surface area (Å²) in [5.41, 5.74) is 0. The number of rotatable bonds is 4. The average Bonchev–Trinajstić information content (AvgIpc) is 2.38. The van der Waals surface area contributed by atoms with Crippen LogP contribution in [-0.2, 0) is 0 Å². The van der Waals surface area contributed by atoms with Crippen LogP contribution in [0.25, 0.3) is 0 Å². The van der Waals surface area contributed by atoms with Crippen LogP contribution < -0.4 is 0 Å². The normalized spacial score (nSPS) is 22.4. The van der Waals surface area contributed by atoms with Gasteiger partial charge in [0.25, 0.3) is 0 Å². The van der Waals surface area contributed by atoms with Crippen LogP contribution >= 0.6 is 0 Å². The molecule has 1 atom stereocenters. The minimum Gasteiger partial charge on any atom is -0.340 e. The van der Waals surface area contributed by atoms with E-state index >= 15 is 0 Å². The first-order valence-electron chi connectivity index (χ1n) is 4.86. The van der Waals surface area contributed by atoms with Gasteiger partial charge in [0, 0.05) is 13.1 Å². The number of nitrogens with zero attached hydrogens (tertiary/aromatic N) is 3. The summed E-state index contributed by atoms with van der Waals surface area (Å²) in [7, 11) is 0. The Kier molecular flexibility index (Phi) is 3.38. The lowest BCUT2D eigenvalue weighted by molar-refractivity contribution is 0.147. The third-order valence-electron chi connectivity index (χ3n) is 2.19. The van der Waals surface area contributed by atoms with Crippen molar-refractivity contribution in [1.82, 2.24) is 9.91 Å². The molecule has 0 amide bonds. The maximum Gasteiger partial charge on any atom is 0.116 e. The number of hydrogen-bond acceptors (Lipinski definition) is 3. The van der Waals surface area contributed by atoms with Crippen LogP contribution in [0.2, 0.25) is 0 Å². The van der Waals surface area contributed by atoms with Gasteiger partial charge >= 0.3 is 0 Å². The summed E-state index contributed by atoms with van der Waals surface area (Å²) in [6, 6.07) is 0. The second-order valence-electron chi connectivity index (χ2n) is 3.26. The zero-order valence-corrected chi connectivity index (χ0v) is 8.32. The fraction of sp³-hybridized carbons (Fsp3) is 0.889. The first kappa shape index (κ1) is 9.36. The zero-order chi connectivity index (χ0) is 8.97. The molecule has 0 saturated carbocycles. The highest BCUT2D eigenvalue weighted by Gasteiger charge is 2.21. The van der Waals surface area contributed by atoms with Gasteiger partial charge < -0.3 is 4.90 Å². The molecule has 1 aliphatic heterocycles. The number of hydrazone groups is 1. The van der Waals surface area contributed by atoms with Crippen molar-refractivity contribution >= 4 is 6.34 Å². The molecule has 3 heteroatoms. The van der Waals surface area contributed by atoms with Crippen molar-refractivity contribution < 1.29 is 0 Å². The van der Waals surface area contributed by atoms with Crippen molar-refractivity contribution in [3.8, 4) is 0 Å². The van der Waals surface area contributed by atoms with E-state index < -0.39 is 0 Å². The minimum atomic E-state index is 0.463. The molecule has 0 aromatic carbocycles. The summed E-state index contributed by atoms with van der Waals surface area (Å²) >= 11 is 0. The Morgan fingerprint density at radius 1 is 1.25 bits per heavy atom. The van der Waals surface area contributed by atoms with Crippen LogP contribution in [0.15, 0.2) is 5.10 Å². The van der Waals surface area contributed by atoms with E-state index in [4.69, 9.17) is 0 Å². The molecule has 0 aromatic rings. The molecule has 0 bridgehead atoms.